The third kappa shape index (κ3) is 2.15. The third-order valence-corrected chi connectivity index (χ3v) is 2.31. The molecule has 0 aliphatic heterocycles. The molecule has 88 valence electrons. The smallest absolute Gasteiger partial charge is 0.354 e. The highest BCUT2D eigenvalue weighted by Gasteiger charge is 2.12. The molecule has 0 aliphatic rings. The quantitative estimate of drug-likeness (QED) is 0.866. The molecular weight excluding hydrogens is 220 g/mol. The number of carbonyl (C=O) groups is 1. The van der Waals surface area contributed by atoms with Crippen molar-refractivity contribution >= 4 is 5.97 Å². The highest BCUT2D eigenvalue weighted by Crippen LogP contribution is 2.15. The lowest BCUT2D eigenvalue weighted by Crippen LogP contribution is -2.11. The van der Waals surface area contributed by atoms with E-state index >= 15 is 0 Å². The first-order chi connectivity index (χ1) is 8.09. The lowest BCUT2D eigenvalue weighted by Gasteiger charge is -2.08. The van der Waals surface area contributed by atoms with Crippen molar-refractivity contribution in [2.75, 3.05) is 0 Å². The molecule has 0 amide bonds. The SMILES string of the molecule is CC(C)c1ccnn1-c1nccc(C(=O)O)n1. The van der Waals surface area contributed by atoms with Crippen LogP contribution in [0.15, 0.2) is 24.5 Å². The van der Waals surface area contributed by atoms with E-state index in [4.69, 9.17) is 5.11 Å². The van der Waals surface area contributed by atoms with Crippen molar-refractivity contribution in [3.63, 3.8) is 0 Å². The Balaban J connectivity index is 2.49. The van der Waals surface area contributed by atoms with Gasteiger partial charge < -0.3 is 5.11 Å². The van der Waals surface area contributed by atoms with Crippen molar-refractivity contribution in [2.24, 2.45) is 0 Å². The van der Waals surface area contributed by atoms with Gasteiger partial charge in [0.2, 0.25) is 0 Å². The van der Waals surface area contributed by atoms with Gasteiger partial charge in [0.15, 0.2) is 5.69 Å². The highest BCUT2D eigenvalue weighted by molar-refractivity contribution is 5.85. The summed E-state index contributed by atoms with van der Waals surface area (Å²) in [6, 6.07) is 3.21. The predicted molar refractivity (Wildman–Crippen MR) is 60.2 cm³/mol. The highest BCUT2D eigenvalue weighted by atomic mass is 16.4. The minimum absolute atomic E-state index is 0.0415. The molecule has 1 N–H and O–H groups in total. The van der Waals surface area contributed by atoms with E-state index in [2.05, 4.69) is 15.1 Å². The average molecular weight is 232 g/mol. The number of carboxylic acid groups (broad SMARTS) is 1. The molecule has 2 heterocycles. The monoisotopic (exact) mass is 232 g/mol. The van der Waals surface area contributed by atoms with Crippen molar-refractivity contribution < 1.29 is 9.90 Å². The van der Waals surface area contributed by atoms with Crippen LogP contribution in [0.1, 0.15) is 35.9 Å². The van der Waals surface area contributed by atoms with Gasteiger partial charge in [-0.05, 0) is 18.1 Å². The summed E-state index contributed by atoms with van der Waals surface area (Å²) < 4.78 is 1.55. The van der Waals surface area contributed by atoms with Crippen LogP contribution in [0, 0.1) is 0 Å². The zero-order chi connectivity index (χ0) is 12.4. The van der Waals surface area contributed by atoms with Crippen LogP contribution in [0.2, 0.25) is 0 Å². The van der Waals surface area contributed by atoms with E-state index in [0.29, 0.717) is 0 Å². The first-order valence-electron chi connectivity index (χ1n) is 5.20. The molecule has 6 heteroatoms. The molecule has 0 saturated carbocycles. The van der Waals surface area contributed by atoms with E-state index in [9.17, 15) is 4.79 Å². The molecule has 17 heavy (non-hydrogen) atoms. The third-order valence-electron chi connectivity index (χ3n) is 2.31. The van der Waals surface area contributed by atoms with Gasteiger partial charge in [0.1, 0.15) is 0 Å². The van der Waals surface area contributed by atoms with Crippen LogP contribution in [0.3, 0.4) is 0 Å². The van der Waals surface area contributed by atoms with Gasteiger partial charge in [-0.25, -0.2) is 19.4 Å². The zero-order valence-electron chi connectivity index (χ0n) is 9.53. The predicted octanol–water partition coefficient (Wildman–Crippen LogP) is 1.48. The molecule has 0 fully saturated rings. The van der Waals surface area contributed by atoms with E-state index in [1.807, 2.05) is 19.9 Å². The van der Waals surface area contributed by atoms with Crippen molar-refractivity contribution in [2.45, 2.75) is 19.8 Å². The summed E-state index contributed by atoms with van der Waals surface area (Å²) in [5.41, 5.74) is 0.896. The number of aromatic nitrogens is 4. The van der Waals surface area contributed by atoms with E-state index in [0.717, 1.165) is 5.69 Å². The largest absolute Gasteiger partial charge is 0.477 e. The Morgan fingerprint density at radius 1 is 1.35 bits per heavy atom. The molecule has 0 unspecified atom stereocenters. The number of hydrogen-bond donors (Lipinski definition) is 1. The lowest BCUT2D eigenvalue weighted by molar-refractivity contribution is 0.0690. The molecule has 6 nitrogen and oxygen atoms in total. The summed E-state index contributed by atoms with van der Waals surface area (Å²) in [7, 11) is 0. The van der Waals surface area contributed by atoms with Crippen molar-refractivity contribution in [1.82, 2.24) is 19.7 Å². The maximum Gasteiger partial charge on any atom is 0.354 e. The molecule has 0 bridgehead atoms. The van der Waals surface area contributed by atoms with Gasteiger partial charge in [0, 0.05) is 12.4 Å². The molecule has 0 saturated heterocycles. The van der Waals surface area contributed by atoms with Crippen LogP contribution in [-0.4, -0.2) is 30.8 Å². The van der Waals surface area contributed by atoms with Gasteiger partial charge in [-0.3, -0.25) is 0 Å². The summed E-state index contributed by atoms with van der Waals surface area (Å²) in [5, 5.41) is 13.0. The Morgan fingerprint density at radius 2 is 2.12 bits per heavy atom. The molecular formula is C11H12N4O2. The summed E-state index contributed by atoms with van der Waals surface area (Å²) in [5.74, 6) is -0.542. The fourth-order valence-corrected chi connectivity index (χ4v) is 1.49. The van der Waals surface area contributed by atoms with Crippen LogP contribution in [-0.2, 0) is 0 Å². The summed E-state index contributed by atoms with van der Waals surface area (Å²) >= 11 is 0. The van der Waals surface area contributed by atoms with E-state index < -0.39 is 5.97 Å². The first-order valence-corrected chi connectivity index (χ1v) is 5.20. The second-order valence-electron chi connectivity index (χ2n) is 3.87. The molecule has 2 rings (SSSR count). The lowest BCUT2D eigenvalue weighted by atomic mass is 10.1. The second-order valence-corrected chi connectivity index (χ2v) is 3.87. The normalized spacial score (nSPS) is 10.8. The standard InChI is InChI=1S/C11H12N4O2/c1-7(2)9-4-6-13-15(9)11-12-5-3-8(14-11)10(16)17/h3-7H,1-2H3,(H,16,17). The van der Waals surface area contributed by atoms with Crippen LogP contribution in [0.5, 0.6) is 0 Å². The number of aromatic carboxylic acids is 1. The minimum Gasteiger partial charge on any atom is -0.477 e. The summed E-state index contributed by atoms with van der Waals surface area (Å²) in [6.45, 7) is 4.04. The van der Waals surface area contributed by atoms with Gasteiger partial charge in [-0.2, -0.15) is 5.10 Å². The number of hydrogen-bond acceptors (Lipinski definition) is 4. The number of carboxylic acids is 1. The number of rotatable bonds is 3. The van der Waals surface area contributed by atoms with Crippen LogP contribution in [0.25, 0.3) is 5.95 Å². The molecule has 0 aromatic carbocycles. The van der Waals surface area contributed by atoms with Gasteiger partial charge in [-0.1, -0.05) is 13.8 Å². The molecule has 2 aromatic rings. The van der Waals surface area contributed by atoms with Gasteiger partial charge >= 0.3 is 5.97 Å². The Kier molecular flexibility index (Phi) is 2.86. The molecule has 0 radical (unpaired) electrons. The Labute approximate surface area is 98.0 Å². The summed E-state index contributed by atoms with van der Waals surface area (Å²) in [6.07, 6.45) is 3.06. The van der Waals surface area contributed by atoms with Gasteiger partial charge in [0.25, 0.3) is 5.95 Å². The van der Waals surface area contributed by atoms with Crippen molar-refractivity contribution in [3.8, 4) is 5.95 Å². The maximum absolute atomic E-state index is 10.8. The van der Waals surface area contributed by atoms with E-state index in [-0.39, 0.29) is 17.6 Å². The minimum atomic E-state index is -1.08. The molecule has 0 atom stereocenters. The van der Waals surface area contributed by atoms with Crippen LogP contribution >= 0.6 is 0 Å². The fourth-order valence-electron chi connectivity index (χ4n) is 1.49. The maximum atomic E-state index is 10.8. The van der Waals surface area contributed by atoms with E-state index in [1.165, 1.54) is 12.3 Å². The zero-order valence-corrected chi connectivity index (χ0v) is 9.53. The topological polar surface area (TPSA) is 80.9 Å². The molecule has 0 spiro atoms. The van der Waals surface area contributed by atoms with E-state index in [1.54, 1.807) is 10.9 Å². The molecule has 2 aromatic heterocycles. The van der Waals surface area contributed by atoms with Crippen molar-refractivity contribution in [1.29, 1.82) is 0 Å². The average Bonchev–Trinajstić information content (AvgIpc) is 2.78. The van der Waals surface area contributed by atoms with Crippen LogP contribution < -0.4 is 0 Å². The Hall–Kier alpha value is -2.24. The van der Waals surface area contributed by atoms with Gasteiger partial charge in [-0.15, -0.1) is 0 Å². The fraction of sp³-hybridized carbons (Fsp3) is 0.273. The second kappa shape index (κ2) is 4.32. The first kappa shape index (κ1) is 11.3. The number of nitrogens with zero attached hydrogens (tertiary/aromatic N) is 4. The van der Waals surface area contributed by atoms with Gasteiger partial charge in [0.05, 0.1) is 5.69 Å². The van der Waals surface area contributed by atoms with Crippen molar-refractivity contribution in [3.05, 3.63) is 35.9 Å². The Morgan fingerprint density at radius 3 is 2.76 bits per heavy atom. The summed E-state index contributed by atoms with van der Waals surface area (Å²) in [4.78, 5) is 18.8. The Bertz CT molecular complexity index is 548. The van der Waals surface area contributed by atoms with Crippen LogP contribution in [0.4, 0.5) is 0 Å². The molecule has 0 aliphatic carbocycles.